The first-order valence-corrected chi connectivity index (χ1v) is 4.63. The third-order valence-corrected chi connectivity index (χ3v) is 1.77. The highest BCUT2D eigenvalue weighted by Gasteiger charge is 2.11. The fourth-order valence-electron chi connectivity index (χ4n) is 0.884. The number of carbonyl (C=O) groups is 1. The quantitative estimate of drug-likeness (QED) is 0.694. The highest BCUT2D eigenvalue weighted by atomic mass is 16.4. The third-order valence-electron chi connectivity index (χ3n) is 1.77. The maximum atomic E-state index is 10.5. The molecule has 4 heteroatoms. The minimum Gasteiger partial charge on any atom is -0.481 e. The van der Waals surface area contributed by atoms with Crippen LogP contribution in [-0.2, 0) is 4.79 Å². The van der Waals surface area contributed by atoms with Gasteiger partial charge in [0.15, 0.2) is 0 Å². The molecule has 84 valence electrons. The van der Waals surface area contributed by atoms with Gasteiger partial charge in [-0.15, -0.1) is 0 Å². The average molecular weight is 212 g/mol. The van der Waals surface area contributed by atoms with Gasteiger partial charge >= 0.3 is 5.97 Å². The van der Waals surface area contributed by atoms with E-state index < -0.39 is 11.9 Å². The van der Waals surface area contributed by atoms with Crippen molar-refractivity contribution >= 4 is 5.97 Å². The van der Waals surface area contributed by atoms with Crippen LogP contribution in [0.3, 0.4) is 0 Å². The number of rotatable bonds is 3. The van der Waals surface area contributed by atoms with Crippen molar-refractivity contribution in [2.24, 2.45) is 0 Å². The van der Waals surface area contributed by atoms with E-state index >= 15 is 0 Å². The normalized spacial score (nSPS) is 11.1. The van der Waals surface area contributed by atoms with E-state index in [1.54, 1.807) is 6.92 Å². The van der Waals surface area contributed by atoms with Gasteiger partial charge in [0.2, 0.25) is 0 Å². The Labute approximate surface area is 88.8 Å². The summed E-state index contributed by atoms with van der Waals surface area (Å²) in [5.74, 6) is -1.19. The first-order valence-electron chi connectivity index (χ1n) is 4.63. The second-order valence-corrected chi connectivity index (χ2v) is 2.92. The number of carboxylic acids is 1. The van der Waals surface area contributed by atoms with E-state index in [4.69, 9.17) is 15.3 Å². The maximum absolute atomic E-state index is 10.5. The lowest BCUT2D eigenvalue weighted by Gasteiger charge is -2.04. The molecule has 1 aromatic rings. The van der Waals surface area contributed by atoms with Gasteiger partial charge in [-0.05, 0) is 12.5 Å². The van der Waals surface area contributed by atoms with Gasteiger partial charge in [0, 0.05) is 0 Å². The van der Waals surface area contributed by atoms with Crippen LogP contribution in [0.5, 0.6) is 0 Å². The fraction of sp³-hybridized carbons (Fsp3) is 0.364. The number of carboxylic acid groups (broad SMARTS) is 1. The minimum atomic E-state index is -0.781. The number of hydrogen-bond donors (Lipinski definition) is 3. The predicted molar refractivity (Wildman–Crippen MR) is 56.7 cm³/mol. The van der Waals surface area contributed by atoms with E-state index in [-0.39, 0.29) is 13.2 Å². The van der Waals surface area contributed by atoms with Crippen LogP contribution in [0.4, 0.5) is 0 Å². The van der Waals surface area contributed by atoms with Crippen LogP contribution in [0.15, 0.2) is 30.3 Å². The summed E-state index contributed by atoms with van der Waals surface area (Å²) < 4.78 is 0. The second-order valence-electron chi connectivity index (χ2n) is 2.92. The number of aliphatic hydroxyl groups is 2. The van der Waals surface area contributed by atoms with E-state index in [9.17, 15) is 4.79 Å². The Hall–Kier alpha value is -1.39. The summed E-state index contributed by atoms with van der Waals surface area (Å²) >= 11 is 0. The molecule has 0 bridgehead atoms. The molecule has 15 heavy (non-hydrogen) atoms. The molecule has 0 radical (unpaired) electrons. The Bertz CT molecular complexity index is 269. The first kappa shape index (κ1) is 13.6. The Morgan fingerprint density at radius 3 is 2.00 bits per heavy atom. The summed E-state index contributed by atoms with van der Waals surface area (Å²) in [7, 11) is 0. The van der Waals surface area contributed by atoms with Crippen LogP contribution in [-0.4, -0.2) is 34.5 Å². The van der Waals surface area contributed by atoms with Gasteiger partial charge < -0.3 is 15.3 Å². The van der Waals surface area contributed by atoms with Crippen LogP contribution in [0.2, 0.25) is 0 Å². The van der Waals surface area contributed by atoms with Gasteiger partial charge in [0.1, 0.15) is 0 Å². The van der Waals surface area contributed by atoms with Crippen LogP contribution in [0.1, 0.15) is 18.4 Å². The topological polar surface area (TPSA) is 77.8 Å². The summed E-state index contributed by atoms with van der Waals surface area (Å²) in [5.41, 5.74) is 0.847. The minimum absolute atomic E-state index is 0.125. The van der Waals surface area contributed by atoms with E-state index in [0.717, 1.165) is 5.56 Å². The largest absolute Gasteiger partial charge is 0.481 e. The molecule has 0 spiro atoms. The SMILES string of the molecule is CC(C(=O)O)c1ccccc1.OCCO. The van der Waals surface area contributed by atoms with Gasteiger partial charge in [-0.2, -0.15) is 0 Å². The molecule has 3 N–H and O–H groups in total. The van der Waals surface area contributed by atoms with Crippen molar-refractivity contribution in [2.45, 2.75) is 12.8 Å². The summed E-state index contributed by atoms with van der Waals surface area (Å²) in [6, 6.07) is 9.19. The lowest BCUT2D eigenvalue weighted by Crippen LogP contribution is -2.06. The lowest BCUT2D eigenvalue weighted by molar-refractivity contribution is -0.138. The van der Waals surface area contributed by atoms with Gasteiger partial charge in [-0.25, -0.2) is 0 Å². The highest BCUT2D eigenvalue weighted by molar-refractivity contribution is 5.75. The van der Waals surface area contributed by atoms with Crippen molar-refractivity contribution < 1.29 is 20.1 Å². The maximum Gasteiger partial charge on any atom is 0.310 e. The molecule has 1 rings (SSSR count). The molecule has 0 amide bonds. The zero-order chi connectivity index (χ0) is 11.7. The Balaban J connectivity index is 0.000000423. The van der Waals surface area contributed by atoms with Gasteiger partial charge in [0.25, 0.3) is 0 Å². The van der Waals surface area contributed by atoms with Crippen LogP contribution in [0, 0.1) is 0 Å². The van der Waals surface area contributed by atoms with Crippen molar-refractivity contribution in [3.8, 4) is 0 Å². The van der Waals surface area contributed by atoms with Crippen LogP contribution in [0.25, 0.3) is 0 Å². The van der Waals surface area contributed by atoms with Crippen LogP contribution >= 0.6 is 0 Å². The zero-order valence-corrected chi connectivity index (χ0v) is 8.63. The third kappa shape index (κ3) is 5.83. The summed E-state index contributed by atoms with van der Waals surface area (Å²) in [4.78, 5) is 10.5. The van der Waals surface area contributed by atoms with Crippen molar-refractivity contribution in [3.05, 3.63) is 35.9 Å². The molecule has 0 saturated carbocycles. The number of hydrogen-bond acceptors (Lipinski definition) is 3. The molecule has 0 aliphatic rings. The summed E-state index contributed by atoms with van der Waals surface area (Å²) in [6.45, 7) is 1.43. The number of aliphatic hydroxyl groups excluding tert-OH is 2. The molecule has 0 aliphatic carbocycles. The van der Waals surface area contributed by atoms with Crippen molar-refractivity contribution in [1.82, 2.24) is 0 Å². The molecule has 0 fully saturated rings. The highest BCUT2D eigenvalue weighted by Crippen LogP contribution is 2.13. The summed E-state index contributed by atoms with van der Waals surface area (Å²) in [5, 5.41) is 23.9. The van der Waals surface area contributed by atoms with E-state index in [1.165, 1.54) is 0 Å². The van der Waals surface area contributed by atoms with E-state index in [2.05, 4.69) is 0 Å². The van der Waals surface area contributed by atoms with Gasteiger partial charge in [0.05, 0.1) is 19.1 Å². The average Bonchev–Trinajstić information content (AvgIpc) is 2.29. The molecule has 4 nitrogen and oxygen atoms in total. The lowest BCUT2D eigenvalue weighted by atomic mass is 10.0. The smallest absolute Gasteiger partial charge is 0.310 e. The van der Waals surface area contributed by atoms with Crippen molar-refractivity contribution in [2.75, 3.05) is 13.2 Å². The number of benzene rings is 1. The van der Waals surface area contributed by atoms with Gasteiger partial charge in [-0.1, -0.05) is 30.3 Å². The predicted octanol–water partition coefficient (Wildman–Crippen LogP) is 0.846. The van der Waals surface area contributed by atoms with E-state index in [1.807, 2.05) is 30.3 Å². The molecule has 0 saturated heterocycles. The monoisotopic (exact) mass is 212 g/mol. The molecule has 0 heterocycles. The number of aliphatic carboxylic acids is 1. The standard InChI is InChI=1S/C9H10O2.C2H6O2/c1-7(9(10)11)8-5-3-2-4-6-8;3-1-2-4/h2-7H,1H3,(H,10,11);3-4H,1-2H2. The van der Waals surface area contributed by atoms with Crippen molar-refractivity contribution in [3.63, 3.8) is 0 Å². The Morgan fingerprint density at radius 2 is 1.67 bits per heavy atom. The van der Waals surface area contributed by atoms with Crippen molar-refractivity contribution in [1.29, 1.82) is 0 Å². The first-order chi connectivity index (χ1) is 7.13. The zero-order valence-electron chi connectivity index (χ0n) is 8.63. The second kappa shape index (κ2) is 7.96. The molecule has 0 aromatic heterocycles. The molecule has 1 aromatic carbocycles. The molecular formula is C11H16O4. The molecule has 1 atom stereocenters. The Kier molecular flexibility index (Phi) is 7.23. The molecule has 1 unspecified atom stereocenters. The molecular weight excluding hydrogens is 196 g/mol. The summed E-state index contributed by atoms with van der Waals surface area (Å²) in [6.07, 6.45) is 0. The molecule has 0 aliphatic heterocycles. The van der Waals surface area contributed by atoms with Gasteiger partial charge in [-0.3, -0.25) is 4.79 Å². The van der Waals surface area contributed by atoms with E-state index in [0.29, 0.717) is 0 Å². The fourth-order valence-corrected chi connectivity index (χ4v) is 0.884. The Morgan fingerprint density at radius 1 is 1.20 bits per heavy atom. The van der Waals surface area contributed by atoms with Crippen LogP contribution < -0.4 is 0 Å².